The number of hydrogen-bond donors (Lipinski definition) is 1. The van der Waals surface area contributed by atoms with E-state index < -0.39 is 11.7 Å². The summed E-state index contributed by atoms with van der Waals surface area (Å²) in [5, 5.41) is 0.633. The van der Waals surface area contributed by atoms with Crippen LogP contribution in [0.2, 0.25) is 0 Å². The van der Waals surface area contributed by atoms with Crippen molar-refractivity contribution in [2.75, 3.05) is 37.9 Å². The molecule has 9 nitrogen and oxygen atoms in total. The number of nitrogens with two attached hydrogens (primary N) is 1. The Hall–Kier alpha value is -3.79. The molecule has 0 fully saturated rings. The minimum absolute atomic E-state index is 0.0532. The Bertz CT molecular complexity index is 1240. The molecular weight excluding hydrogens is 478 g/mol. The fourth-order valence-electron chi connectivity index (χ4n) is 4.06. The number of rotatable bonds is 8. The minimum Gasteiger partial charge on any atom is -0.479 e. The van der Waals surface area contributed by atoms with E-state index in [0.29, 0.717) is 41.9 Å². The molecule has 2 aromatic carbocycles. The van der Waals surface area contributed by atoms with E-state index in [4.69, 9.17) is 15.2 Å². The number of fused-ring (bicyclic) bond motifs is 1. The van der Waals surface area contributed by atoms with Crippen LogP contribution < -0.4 is 15.4 Å². The number of nitrogens with zero attached hydrogens (tertiary/aromatic N) is 4. The summed E-state index contributed by atoms with van der Waals surface area (Å²) in [5.41, 5.74) is 6.49. The molecule has 1 unspecified atom stereocenters. The van der Waals surface area contributed by atoms with Gasteiger partial charge in [-0.25, -0.2) is 14.8 Å². The molecule has 1 aromatic heterocycles. The van der Waals surface area contributed by atoms with Crippen LogP contribution in [-0.2, 0) is 16.9 Å². The van der Waals surface area contributed by atoms with Crippen molar-refractivity contribution in [1.82, 2.24) is 14.9 Å². The highest BCUT2D eigenvalue weighted by atomic mass is 32.2. The predicted molar refractivity (Wildman–Crippen MR) is 138 cm³/mol. The number of carbonyl (C=O) groups excluding carboxylic acids is 2. The first-order valence-corrected chi connectivity index (χ1v) is 12.7. The van der Waals surface area contributed by atoms with E-state index in [1.165, 1.54) is 11.8 Å². The Morgan fingerprint density at radius 3 is 2.67 bits per heavy atom. The van der Waals surface area contributed by atoms with Crippen molar-refractivity contribution in [3.05, 3.63) is 77.5 Å². The lowest BCUT2D eigenvalue weighted by atomic mass is 9.96. The van der Waals surface area contributed by atoms with Gasteiger partial charge in [0, 0.05) is 32.9 Å². The number of anilines is 1. The molecule has 1 aliphatic rings. The molecule has 1 aliphatic heterocycles. The number of benzene rings is 2. The first kappa shape index (κ1) is 25.3. The molecular formula is C26H29N5O4S. The van der Waals surface area contributed by atoms with Gasteiger partial charge in [-0.1, -0.05) is 54.2 Å². The largest absolute Gasteiger partial charge is 0.479 e. The highest BCUT2D eigenvalue weighted by Crippen LogP contribution is 2.30. The zero-order chi connectivity index (χ0) is 25.7. The van der Waals surface area contributed by atoms with Crippen molar-refractivity contribution in [2.24, 2.45) is 5.73 Å². The zero-order valence-corrected chi connectivity index (χ0v) is 21.3. The van der Waals surface area contributed by atoms with Crippen LogP contribution in [0, 0.1) is 0 Å². The summed E-state index contributed by atoms with van der Waals surface area (Å²) < 4.78 is 11.5. The third-order valence-corrected chi connectivity index (χ3v) is 6.56. The summed E-state index contributed by atoms with van der Waals surface area (Å²) in [5.74, 6) is 1.11. The standard InChI is InChI=1S/C26H29N5O4S/c1-26(17-34-24(27)33,19-9-5-4-6-10-19)35-20-11-7-8-18(14-20)16-31-13-12-30(2)22-21(23(31)32)15-28-25(29-22)36-3/h4-11,14-15H,12-13,16-17H2,1-3H3,(H2,27,33). The summed E-state index contributed by atoms with van der Waals surface area (Å²) >= 11 is 1.44. The molecule has 1 atom stereocenters. The smallest absolute Gasteiger partial charge is 0.404 e. The number of thioether (sulfide) groups is 1. The molecule has 188 valence electrons. The van der Waals surface area contributed by atoms with E-state index in [0.717, 1.165) is 11.1 Å². The monoisotopic (exact) mass is 507 g/mol. The fourth-order valence-corrected chi connectivity index (χ4v) is 4.39. The molecule has 0 saturated carbocycles. The summed E-state index contributed by atoms with van der Waals surface area (Å²) in [7, 11) is 1.93. The van der Waals surface area contributed by atoms with Crippen molar-refractivity contribution in [2.45, 2.75) is 24.2 Å². The second kappa shape index (κ2) is 10.9. The zero-order valence-electron chi connectivity index (χ0n) is 20.5. The van der Waals surface area contributed by atoms with Crippen molar-refractivity contribution in [3.8, 4) is 5.75 Å². The number of primary amides is 1. The van der Waals surface area contributed by atoms with Crippen LogP contribution in [-0.4, -0.2) is 59.9 Å². The molecule has 0 bridgehead atoms. The van der Waals surface area contributed by atoms with Crippen molar-refractivity contribution in [1.29, 1.82) is 0 Å². The molecule has 2 N–H and O–H groups in total. The predicted octanol–water partition coefficient (Wildman–Crippen LogP) is 3.68. The summed E-state index contributed by atoms with van der Waals surface area (Å²) in [6.45, 7) is 3.37. The second-order valence-electron chi connectivity index (χ2n) is 8.70. The average Bonchev–Trinajstić information content (AvgIpc) is 3.00. The third kappa shape index (κ3) is 5.71. The molecule has 2 amide bonds. The topological polar surface area (TPSA) is 111 Å². The van der Waals surface area contributed by atoms with E-state index in [2.05, 4.69) is 9.97 Å². The van der Waals surface area contributed by atoms with Gasteiger partial charge in [0.2, 0.25) is 0 Å². The number of carbonyl (C=O) groups is 2. The molecule has 0 saturated heterocycles. The first-order chi connectivity index (χ1) is 17.3. The number of ether oxygens (including phenoxy) is 2. The van der Waals surface area contributed by atoms with Gasteiger partial charge in [0.1, 0.15) is 23.7 Å². The Kier molecular flexibility index (Phi) is 7.64. The van der Waals surface area contributed by atoms with Gasteiger partial charge in [-0.05, 0) is 36.4 Å². The lowest BCUT2D eigenvalue weighted by molar-refractivity contribution is 0.0121. The van der Waals surface area contributed by atoms with E-state index in [-0.39, 0.29) is 12.5 Å². The maximum absolute atomic E-state index is 13.4. The van der Waals surface area contributed by atoms with E-state index in [1.54, 1.807) is 11.1 Å². The van der Waals surface area contributed by atoms with Crippen LogP contribution in [0.4, 0.5) is 10.6 Å². The van der Waals surface area contributed by atoms with Gasteiger partial charge in [0.25, 0.3) is 5.91 Å². The van der Waals surface area contributed by atoms with Gasteiger partial charge in [0.15, 0.2) is 10.8 Å². The molecule has 0 aliphatic carbocycles. The number of aromatic nitrogens is 2. The molecule has 2 heterocycles. The second-order valence-corrected chi connectivity index (χ2v) is 9.47. The Morgan fingerprint density at radius 2 is 1.94 bits per heavy atom. The highest BCUT2D eigenvalue weighted by Gasteiger charge is 2.31. The molecule has 0 spiro atoms. The summed E-state index contributed by atoms with van der Waals surface area (Å²) in [6, 6.07) is 17.0. The van der Waals surface area contributed by atoms with Crippen LogP contribution in [0.3, 0.4) is 0 Å². The van der Waals surface area contributed by atoms with Crippen LogP contribution in [0.25, 0.3) is 0 Å². The Morgan fingerprint density at radius 1 is 1.17 bits per heavy atom. The normalized spacial score (nSPS) is 15.0. The lowest BCUT2D eigenvalue weighted by Crippen LogP contribution is -2.37. The van der Waals surface area contributed by atoms with Crippen molar-refractivity contribution < 1.29 is 19.1 Å². The molecule has 0 radical (unpaired) electrons. The van der Waals surface area contributed by atoms with Crippen LogP contribution in [0.1, 0.15) is 28.4 Å². The number of hydrogen-bond acceptors (Lipinski definition) is 8. The van der Waals surface area contributed by atoms with Gasteiger partial charge in [-0.15, -0.1) is 0 Å². The van der Waals surface area contributed by atoms with Crippen molar-refractivity contribution >= 4 is 29.6 Å². The minimum atomic E-state index is -0.957. The van der Waals surface area contributed by atoms with Crippen LogP contribution in [0.15, 0.2) is 66.0 Å². The SMILES string of the molecule is CSc1ncc2c(n1)N(C)CCN(Cc1cccc(OC(C)(COC(N)=O)c3ccccc3)c1)C2=O. The van der Waals surface area contributed by atoms with Gasteiger partial charge in [-0.2, -0.15) is 0 Å². The fraction of sp³-hybridized carbons (Fsp3) is 0.308. The van der Waals surface area contributed by atoms with Crippen LogP contribution >= 0.6 is 11.8 Å². The van der Waals surface area contributed by atoms with Crippen LogP contribution in [0.5, 0.6) is 5.75 Å². The maximum Gasteiger partial charge on any atom is 0.404 e. The Balaban J connectivity index is 1.56. The third-order valence-electron chi connectivity index (χ3n) is 6.00. The van der Waals surface area contributed by atoms with Gasteiger partial charge in [-0.3, -0.25) is 4.79 Å². The Labute approximate surface area is 214 Å². The molecule has 36 heavy (non-hydrogen) atoms. The highest BCUT2D eigenvalue weighted by molar-refractivity contribution is 7.98. The van der Waals surface area contributed by atoms with Gasteiger partial charge in [0.05, 0.1) is 0 Å². The maximum atomic E-state index is 13.4. The summed E-state index contributed by atoms with van der Waals surface area (Å²) in [4.78, 5) is 37.3. The van der Waals surface area contributed by atoms with E-state index in [1.807, 2.05) is 79.7 Å². The van der Waals surface area contributed by atoms with Gasteiger partial charge < -0.3 is 25.0 Å². The van der Waals surface area contributed by atoms with E-state index >= 15 is 0 Å². The molecule has 3 aromatic rings. The number of amides is 2. The van der Waals surface area contributed by atoms with Crippen molar-refractivity contribution in [3.63, 3.8) is 0 Å². The first-order valence-electron chi connectivity index (χ1n) is 11.5. The lowest BCUT2D eigenvalue weighted by Gasteiger charge is -2.31. The van der Waals surface area contributed by atoms with E-state index in [9.17, 15) is 9.59 Å². The molecule has 4 rings (SSSR count). The quantitative estimate of drug-likeness (QED) is 0.363. The summed E-state index contributed by atoms with van der Waals surface area (Å²) in [6.07, 6.45) is 2.65. The van der Waals surface area contributed by atoms with Gasteiger partial charge >= 0.3 is 6.09 Å². The average molecular weight is 508 g/mol. The molecule has 10 heteroatoms. The number of likely N-dealkylation sites (N-methyl/N-ethyl adjacent to an activating group) is 1.